The first-order valence-corrected chi connectivity index (χ1v) is 8.89. The summed E-state index contributed by atoms with van der Waals surface area (Å²) in [5, 5.41) is 0. The first-order chi connectivity index (χ1) is 10.2. The number of rotatable bonds is 2. The molecule has 2 aliphatic rings. The highest BCUT2D eigenvalue weighted by atomic mass is 16.6. The van der Waals surface area contributed by atoms with Crippen molar-refractivity contribution in [2.75, 3.05) is 32.7 Å². The molecule has 0 radical (unpaired) electrons. The number of likely N-dealkylation sites (tertiary alicyclic amines) is 2. The number of piperidine rings is 2. The predicted molar refractivity (Wildman–Crippen MR) is 90.0 cm³/mol. The highest BCUT2D eigenvalue weighted by Gasteiger charge is 2.39. The van der Waals surface area contributed by atoms with Crippen molar-refractivity contribution in [1.29, 1.82) is 0 Å². The van der Waals surface area contributed by atoms with Gasteiger partial charge in [0.05, 0.1) is 0 Å². The first kappa shape index (κ1) is 17.6. The second-order valence-electron chi connectivity index (χ2n) is 8.66. The van der Waals surface area contributed by atoms with Crippen molar-refractivity contribution in [3.63, 3.8) is 0 Å². The normalized spacial score (nSPS) is 23.1. The van der Waals surface area contributed by atoms with Gasteiger partial charge in [-0.3, -0.25) is 0 Å². The van der Waals surface area contributed by atoms with Crippen LogP contribution >= 0.6 is 0 Å². The second-order valence-corrected chi connectivity index (χ2v) is 8.66. The summed E-state index contributed by atoms with van der Waals surface area (Å²) in [6.45, 7) is 15.8. The van der Waals surface area contributed by atoms with E-state index in [0.29, 0.717) is 5.41 Å². The van der Waals surface area contributed by atoms with E-state index in [1.54, 1.807) is 0 Å². The Labute approximate surface area is 136 Å². The molecule has 4 heteroatoms. The minimum atomic E-state index is -0.394. The smallest absolute Gasteiger partial charge is 0.410 e. The van der Waals surface area contributed by atoms with Crippen LogP contribution in [0.2, 0.25) is 0 Å². The standard InChI is InChI=1S/C18H34N2O2/c1-15(2)14-19-10-6-18(7-11-19)8-12-20(13-9-18)16(21)22-17(3,4)5/h15H,6-14H2,1-5H3. The number of amides is 1. The van der Waals surface area contributed by atoms with Crippen LogP contribution in [0.4, 0.5) is 4.79 Å². The summed E-state index contributed by atoms with van der Waals surface area (Å²) in [5.74, 6) is 0.753. The van der Waals surface area contributed by atoms with Gasteiger partial charge in [-0.15, -0.1) is 0 Å². The molecular formula is C18H34N2O2. The van der Waals surface area contributed by atoms with Crippen LogP contribution in [0.5, 0.6) is 0 Å². The fourth-order valence-corrected chi connectivity index (χ4v) is 3.72. The third kappa shape index (κ3) is 4.87. The molecule has 2 fully saturated rings. The lowest BCUT2D eigenvalue weighted by molar-refractivity contribution is -0.00328. The number of hydrogen-bond acceptors (Lipinski definition) is 3. The van der Waals surface area contributed by atoms with Crippen molar-refractivity contribution in [2.45, 2.75) is 65.9 Å². The Morgan fingerprint density at radius 1 is 1.05 bits per heavy atom. The SMILES string of the molecule is CC(C)CN1CCC2(CC1)CCN(C(=O)OC(C)(C)C)CC2. The molecule has 2 saturated heterocycles. The molecule has 0 aromatic heterocycles. The average Bonchev–Trinajstić information content (AvgIpc) is 2.40. The van der Waals surface area contributed by atoms with E-state index in [2.05, 4.69) is 18.7 Å². The van der Waals surface area contributed by atoms with Gasteiger partial charge in [-0.25, -0.2) is 4.79 Å². The van der Waals surface area contributed by atoms with E-state index in [9.17, 15) is 4.79 Å². The van der Waals surface area contributed by atoms with E-state index in [1.807, 2.05) is 25.7 Å². The summed E-state index contributed by atoms with van der Waals surface area (Å²) in [5.41, 5.74) is 0.0837. The number of nitrogens with zero attached hydrogens (tertiary/aromatic N) is 2. The van der Waals surface area contributed by atoms with Gasteiger partial charge in [0.2, 0.25) is 0 Å². The van der Waals surface area contributed by atoms with Crippen LogP contribution in [0.1, 0.15) is 60.3 Å². The number of ether oxygens (including phenoxy) is 1. The Kier molecular flexibility index (Phi) is 5.41. The van der Waals surface area contributed by atoms with Crippen molar-refractivity contribution in [1.82, 2.24) is 9.80 Å². The number of carbonyl (C=O) groups excluding carboxylic acids is 1. The van der Waals surface area contributed by atoms with E-state index in [-0.39, 0.29) is 6.09 Å². The lowest BCUT2D eigenvalue weighted by Gasteiger charge is -2.47. The summed E-state index contributed by atoms with van der Waals surface area (Å²) < 4.78 is 5.49. The predicted octanol–water partition coefficient (Wildman–Crippen LogP) is 3.76. The maximum absolute atomic E-state index is 12.2. The molecule has 1 spiro atoms. The molecule has 1 amide bonds. The van der Waals surface area contributed by atoms with Crippen LogP contribution in [0.15, 0.2) is 0 Å². The van der Waals surface area contributed by atoms with E-state index in [0.717, 1.165) is 31.8 Å². The molecule has 2 heterocycles. The van der Waals surface area contributed by atoms with E-state index in [1.165, 1.54) is 32.5 Å². The quantitative estimate of drug-likeness (QED) is 0.778. The van der Waals surface area contributed by atoms with E-state index < -0.39 is 5.60 Å². The Hall–Kier alpha value is -0.770. The zero-order valence-electron chi connectivity index (χ0n) is 15.2. The summed E-state index contributed by atoms with van der Waals surface area (Å²) >= 11 is 0. The summed E-state index contributed by atoms with van der Waals surface area (Å²) in [6, 6.07) is 0. The monoisotopic (exact) mass is 310 g/mol. The molecule has 0 unspecified atom stereocenters. The highest BCUT2D eigenvalue weighted by Crippen LogP contribution is 2.41. The average molecular weight is 310 g/mol. The fourth-order valence-electron chi connectivity index (χ4n) is 3.72. The third-order valence-electron chi connectivity index (χ3n) is 5.02. The van der Waals surface area contributed by atoms with Crippen molar-refractivity contribution in [3.8, 4) is 0 Å². The molecular weight excluding hydrogens is 276 g/mol. The van der Waals surface area contributed by atoms with Gasteiger partial charge >= 0.3 is 6.09 Å². The summed E-state index contributed by atoms with van der Waals surface area (Å²) in [7, 11) is 0. The summed E-state index contributed by atoms with van der Waals surface area (Å²) in [4.78, 5) is 16.7. The molecule has 4 nitrogen and oxygen atoms in total. The van der Waals surface area contributed by atoms with Gasteiger partial charge in [0.1, 0.15) is 5.60 Å². The molecule has 128 valence electrons. The van der Waals surface area contributed by atoms with Gasteiger partial charge in [0.15, 0.2) is 0 Å². The van der Waals surface area contributed by atoms with Crippen molar-refractivity contribution >= 4 is 6.09 Å². The van der Waals surface area contributed by atoms with Crippen molar-refractivity contribution in [2.24, 2.45) is 11.3 Å². The molecule has 0 bridgehead atoms. The Balaban J connectivity index is 1.79. The van der Waals surface area contributed by atoms with Crippen LogP contribution in [0.25, 0.3) is 0 Å². The lowest BCUT2D eigenvalue weighted by Crippen LogP contribution is -2.49. The zero-order chi connectivity index (χ0) is 16.4. The van der Waals surface area contributed by atoms with E-state index in [4.69, 9.17) is 4.74 Å². The number of carbonyl (C=O) groups is 1. The van der Waals surface area contributed by atoms with E-state index >= 15 is 0 Å². The van der Waals surface area contributed by atoms with Crippen molar-refractivity contribution in [3.05, 3.63) is 0 Å². The number of hydrogen-bond donors (Lipinski definition) is 0. The van der Waals surface area contributed by atoms with Gasteiger partial charge < -0.3 is 14.5 Å². The second kappa shape index (κ2) is 6.77. The lowest BCUT2D eigenvalue weighted by atomic mass is 9.71. The van der Waals surface area contributed by atoms with Gasteiger partial charge in [0.25, 0.3) is 0 Å². The molecule has 0 aromatic carbocycles. The molecule has 0 aromatic rings. The van der Waals surface area contributed by atoms with Gasteiger partial charge in [0, 0.05) is 19.6 Å². The van der Waals surface area contributed by atoms with Gasteiger partial charge in [-0.05, 0) is 70.9 Å². The van der Waals surface area contributed by atoms with Crippen LogP contribution < -0.4 is 0 Å². The molecule has 0 saturated carbocycles. The van der Waals surface area contributed by atoms with Gasteiger partial charge in [-0.1, -0.05) is 13.8 Å². The first-order valence-electron chi connectivity index (χ1n) is 8.89. The fraction of sp³-hybridized carbons (Fsp3) is 0.944. The Morgan fingerprint density at radius 3 is 2.00 bits per heavy atom. The summed E-state index contributed by atoms with van der Waals surface area (Å²) in [6.07, 6.45) is 4.73. The molecule has 2 aliphatic heterocycles. The third-order valence-corrected chi connectivity index (χ3v) is 5.02. The largest absolute Gasteiger partial charge is 0.444 e. The topological polar surface area (TPSA) is 32.8 Å². The van der Waals surface area contributed by atoms with Crippen LogP contribution in [0, 0.1) is 11.3 Å². The molecule has 0 N–H and O–H groups in total. The Bertz CT molecular complexity index is 369. The molecule has 0 atom stereocenters. The minimum Gasteiger partial charge on any atom is -0.444 e. The maximum atomic E-state index is 12.2. The van der Waals surface area contributed by atoms with Crippen LogP contribution in [-0.4, -0.2) is 54.2 Å². The minimum absolute atomic E-state index is 0.139. The zero-order valence-corrected chi connectivity index (χ0v) is 15.2. The highest BCUT2D eigenvalue weighted by molar-refractivity contribution is 5.68. The maximum Gasteiger partial charge on any atom is 0.410 e. The molecule has 22 heavy (non-hydrogen) atoms. The van der Waals surface area contributed by atoms with Crippen LogP contribution in [-0.2, 0) is 4.74 Å². The molecule has 0 aliphatic carbocycles. The van der Waals surface area contributed by atoms with Crippen LogP contribution in [0.3, 0.4) is 0 Å². The van der Waals surface area contributed by atoms with Crippen molar-refractivity contribution < 1.29 is 9.53 Å². The van der Waals surface area contributed by atoms with Gasteiger partial charge in [-0.2, -0.15) is 0 Å². The molecule has 2 rings (SSSR count). The Morgan fingerprint density at radius 2 is 1.55 bits per heavy atom.